The van der Waals surface area contributed by atoms with Crippen LogP contribution >= 0.6 is 11.3 Å². The number of carbonyl (C=O) groups excluding carboxylic acids is 1. The third-order valence-electron chi connectivity index (χ3n) is 4.25. The van der Waals surface area contributed by atoms with E-state index in [9.17, 15) is 4.79 Å². The van der Waals surface area contributed by atoms with E-state index in [2.05, 4.69) is 15.3 Å². The molecule has 27 heavy (non-hydrogen) atoms. The van der Waals surface area contributed by atoms with Gasteiger partial charge in [0.05, 0.1) is 12.7 Å². The first-order valence-corrected chi connectivity index (χ1v) is 9.24. The highest BCUT2D eigenvalue weighted by atomic mass is 32.1. The van der Waals surface area contributed by atoms with E-state index in [0.717, 1.165) is 32.2 Å². The number of hydrogen-bond acceptors (Lipinski definition) is 5. The van der Waals surface area contributed by atoms with Crippen LogP contribution in [0.15, 0.2) is 60.8 Å². The number of rotatable bonds is 4. The molecule has 0 unspecified atom stereocenters. The van der Waals surface area contributed by atoms with Crippen LogP contribution in [0.1, 0.15) is 15.9 Å². The molecular formula is C21H17N3O2S. The number of benzene rings is 2. The van der Waals surface area contributed by atoms with Crippen molar-refractivity contribution in [3.8, 4) is 16.3 Å². The third kappa shape index (κ3) is 3.39. The monoisotopic (exact) mass is 375 g/mol. The van der Waals surface area contributed by atoms with Crippen molar-refractivity contribution in [2.45, 2.75) is 6.92 Å². The SMILES string of the molecule is COc1ccccc1C(=O)Nc1cc(-c2nc3cccnc3s2)ccc1C. The molecule has 2 heterocycles. The molecule has 1 amide bonds. The molecule has 0 aliphatic heterocycles. The average molecular weight is 375 g/mol. The highest BCUT2D eigenvalue weighted by molar-refractivity contribution is 7.21. The Balaban J connectivity index is 1.67. The van der Waals surface area contributed by atoms with E-state index in [0.29, 0.717) is 11.3 Å². The number of pyridine rings is 1. The van der Waals surface area contributed by atoms with Crippen molar-refractivity contribution >= 4 is 33.3 Å². The summed E-state index contributed by atoms with van der Waals surface area (Å²) < 4.78 is 5.29. The van der Waals surface area contributed by atoms with Gasteiger partial charge >= 0.3 is 0 Å². The molecule has 0 saturated carbocycles. The lowest BCUT2D eigenvalue weighted by Crippen LogP contribution is -2.14. The molecule has 0 radical (unpaired) electrons. The second kappa shape index (κ2) is 7.17. The molecule has 0 spiro atoms. The van der Waals surface area contributed by atoms with Gasteiger partial charge in [-0.3, -0.25) is 4.79 Å². The fourth-order valence-electron chi connectivity index (χ4n) is 2.80. The number of methoxy groups -OCH3 is 1. The summed E-state index contributed by atoms with van der Waals surface area (Å²) in [6.45, 7) is 1.96. The van der Waals surface area contributed by atoms with Crippen LogP contribution in [0.2, 0.25) is 0 Å². The summed E-state index contributed by atoms with van der Waals surface area (Å²) in [5.74, 6) is 0.333. The molecule has 5 nitrogen and oxygen atoms in total. The Kier molecular flexibility index (Phi) is 4.56. The third-order valence-corrected chi connectivity index (χ3v) is 5.28. The molecule has 2 aromatic heterocycles. The number of para-hydroxylation sites is 1. The van der Waals surface area contributed by atoms with Gasteiger partial charge < -0.3 is 10.1 Å². The van der Waals surface area contributed by atoms with Crippen molar-refractivity contribution in [3.05, 3.63) is 71.9 Å². The van der Waals surface area contributed by atoms with E-state index < -0.39 is 0 Å². The van der Waals surface area contributed by atoms with Crippen molar-refractivity contribution < 1.29 is 9.53 Å². The lowest BCUT2D eigenvalue weighted by atomic mass is 10.1. The first-order chi connectivity index (χ1) is 13.2. The number of hydrogen-bond donors (Lipinski definition) is 1. The molecule has 0 fully saturated rings. The highest BCUT2D eigenvalue weighted by Crippen LogP contribution is 2.31. The molecule has 0 bridgehead atoms. The number of nitrogens with zero attached hydrogens (tertiary/aromatic N) is 2. The molecule has 0 atom stereocenters. The second-order valence-electron chi connectivity index (χ2n) is 6.03. The second-order valence-corrected chi connectivity index (χ2v) is 7.01. The fourth-order valence-corrected chi connectivity index (χ4v) is 3.71. The van der Waals surface area contributed by atoms with E-state index >= 15 is 0 Å². The maximum atomic E-state index is 12.7. The number of aryl methyl sites for hydroxylation is 1. The standard InChI is InChI=1S/C21H17N3O2S/c1-13-9-10-14(20-24-16-7-5-11-22-21(16)27-20)12-17(13)23-19(25)15-6-3-4-8-18(15)26-2/h3-12H,1-2H3,(H,23,25). The minimum Gasteiger partial charge on any atom is -0.496 e. The van der Waals surface area contributed by atoms with Gasteiger partial charge in [-0.05, 0) is 42.8 Å². The number of thiazole rings is 1. The Morgan fingerprint density at radius 1 is 1.11 bits per heavy atom. The quantitative estimate of drug-likeness (QED) is 0.549. The maximum Gasteiger partial charge on any atom is 0.259 e. The zero-order valence-electron chi connectivity index (χ0n) is 14.9. The molecule has 0 aliphatic carbocycles. The molecule has 1 N–H and O–H groups in total. The fraction of sp³-hybridized carbons (Fsp3) is 0.0952. The number of fused-ring (bicyclic) bond motifs is 1. The van der Waals surface area contributed by atoms with Gasteiger partial charge in [0.25, 0.3) is 5.91 Å². The van der Waals surface area contributed by atoms with Gasteiger partial charge in [-0.2, -0.15) is 0 Å². The minimum atomic E-state index is -0.210. The van der Waals surface area contributed by atoms with Gasteiger partial charge in [0, 0.05) is 17.4 Å². The topological polar surface area (TPSA) is 64.1 Å². The highest BCUT2D eigenvalue weighted by Gasteiger charge is 2.14. The molecule has 0 aliphatic rings. The van der Waals surface area contributed by atoms with Crippen molar-refractivity contribution in [3.63, 3.8) is 0 Å². The number of aromatic nitrogens is 2. The average Bonchev–Trinajstić information content (AvgIpc) is 3.13. The Morgan fingerprint density at radius 2 is 1.96 bits per heavy atom. The zero-order valence-corrected chi connectivity index (χ0v) is 15.7. The van der Waals surface area contributed by atoms with Crippen LogP contribution in [0.3, 0.4) is 0 Å². The summed E-state index contributed by atoms with van der Waals surface area (Å²) in [5.41, 5.74) is 4.03. The van der Waals surface area contributed by atoms with Crippen molar-refractivity contribution in [1.82, 2.24) is 9.97 Å². The molecule has 0 saturated heterocycles. The van der Waals surface area contributed by atoms with E-state index in [-0.39, 0.29) is 5.91 Å². The number of carbonyl (C=O) groups is 1. The minimum absolute atomic E-state index is 0.210. The van der Waals surface area contributed by atoms with Crippen LogP contribution in [0, 0.1) is 6.92 Å². The van der Waals surface area contributed by atoms with Crippen molar-refractivity contribution in [1.29, 1.82) is 0 Å². The molecule has 134 valence electrons. The predicted molar refractivity (Wildman–Crippen MR) is 109 cm³/mol. The zero-order chi connectivity index (χ0) is 18.8. The number of anilines is 1. The van der Waals surface area contributed by atoms with E-state index in [1.54, 1.807) is 25.4 Å². The van der Waals surface area contributed by atoms with E-state index in [4.69, 9.17) is 4.74 Å². The van der Waals surface area contributed by atoms with Gasteiger partial charge in [0.2, 0.25) is 0 Å². The first kappa shape index (κ1) is 17.2. The lowest BCUT2D eigenvalue weighted by Gasteiger charge is -2.12. The van der Waals surface area contributed by atoms with Gasteiger partial charge in [0.15, 0.2) is 0 Å². The molecule has 4 aromatic rings. The summed E-state index contributed by atoms with van der Waals surface area (Å²) in [4.78, 5) is 22.6. The maximum absolute atomic E-state index is 12.7. The molecule has 6 heteroatoms. The largest absolute Gasteiger partial charge is 0.496 e. The predicted octanol–water partition coefficient (Wildman–Crippen LogP) is 4.93. The van der Waals surface area contributed by atoms with Gasteiger partial charge in [-0.25, -0.2) is 9.97 Å². The summed E-state index contributed by atoms with van der Waals surface area (Å²) in [6.07, 6.45) is 1.76. The van der Waals surface area contributed by atoms with Gasteiger partial charge in [0.1, 0.15) is 21.1 Å². The Bertz CT molecular complexity index is 1100. The van der Waals surface area contributed by atoms with Crippen LogP contribution < -0.4 is 10.1 Å². The molecular weight excluding hydrogens is 358 g/mol. The Hall–Kier alpha value is -3.25. The number of amides is 1. The number of ether oxygens (including phenoxy) is 1. The van der Waals surface area contributed by atoms with Crippen molar-refractivity contribution in [2.24, 2.45) is 0 Å². The van der Waals surface area contributed by atoms with E-state index in [1.165, 1.54) is 11.3 Å². The van der Waals surface area contributed by atoms with Crippen LogP contribution in [0.5, 0.6) is 5.75 Å². The number of nitrogens with one attached hydrogen (secondary N) is 1. The smallest absolute Gasteiger partial charge is 0.259 e. The van der Waals surface area contributed by atoms with Crippen LogP contribution in [-0.2, 0) is 0 Å². The summed E-state index contributed by atoms with van der Waals surface area (Å²) in [7, 11) is 1.55. The van der Waals surface area contributed by atoms with Gasteiger partial charge in [-0.15, -0.1) is 0 Å². The van der Waals surface area contributed by atoms with Crippen LogP contribution in [0.4, 0.5) is 5.69 Å². The van der Waals surface area contributed by atoms with Crippen LogP contribution in [0.25, 0.3) is 20.9 Å². The molecule has 4 rings (SSSR count). The lowest BCUT2D eigenvalue weighted by molar-refractivity contribution is 0.102. The summed E-state index contributed by atoms with van der Waals surface area (Å²) in [6, 6.07) is 16.9. The summed E-state index contributed by atoms with van der Waals surface area (Å²) >= 11 is 1.53. The molecule has 2 aromatic carbocycles. The normalized spacial score (nSPS) is 10.7. The Morgan fingerprint density at radius 3 is 2.78 bits per heavy atom. The van der Waals surface area contributed by atoms with Gasteiger partial charge in [-0.1, -0.05) is 35.6 Å². The van der Waals surface area contributed by atoms with Crippen LogP contribution in [-0.4, -0.2) is 23.0 Å². The van der Waals surface area contributed by atoms with E-state index in [1.807, 2.05) is 49.4 Å². The van der Waals surface area contributed by atoms with Crippen molar-refractivity contribution in [2.75, 3.05) is 12.4 Å². The Labute approximate surface area is 160 Å². The first-order valence-electron chi connectivity index (χ1n) is 8.42. The summed E-state index contributed by atoms with van der Waals surface area (Å²) in [5, 5.41) is 3.86.